The van der Waals surface area contributed by atoms with Gasteiger partial charge in [-0.25, -0.2) is 4.79 Å². The average Bonchev–Trinajstić information content (AvgIpc) is 2.65. The van der Waals surface area contributed by atoms with Gasteiger partial charge in [-0.1, -0.05) is 11.6 Å². The molecule has 0 saturated carbocycles. The minimum absolute atomic E-state index is 0.319. The van der Waals surface area contributed by atoms with Gasteiger partial charge < -0.3 is 10.1 Å². The summed E-state index contributed by atoms with van der Waals surface area (Å²) in [5.41, 5.74) is 0.459. The first-order chi connectivity index (χ1) is 7.65. The lowest BCUT2D eigenvalue weighted by atomic mass is 10.2. The summed E-state index contributed by atoms with van der Waals surface area (Å²) in [6, 6.07) is 6.43. The zero-order valence-electron chi connectivity index (χ0n) is 8.14. The summed E-state index contributed by atoms with van der Waals surface area (Å²) in [6.45, 7) is 0. The number of ether oxygens (including phenoxy) is 1. The molecular weight excluding hydrogens is 230 g/mol. The van der Waals surface area contributed by atoms with E-state index in [1.165, 1.54) is 12.2 Å². The third-order valence-electron chi connectivity index (χ3n) is 2.03. The fourth-order valence-electron chi connectivity index (χ4n) is 1.26. The predicted octanol–water partition coefficient (Wildman–Crippen LogP) is 1.51. The van der Waals surface area contributed by atoms with Crippen LogP contribution in [0.5, 0.6) is 0 Å². The number of hydrogen-bond acceptors (Lipinski definition) is 3. The fourth-order valence-corrected chi connectivity index (χ4v) is 1.39. The van der Waals surface area contributed by atoms with Crippen LogP contribution in [-0.4, -0.2) is 18.1 Å². The maximum Gasteiger partial charge on any atom is 0.332 e. The maximum atomic E-state index is 11.6. The molecule has 0 fully saturated rings. The predicted molar refractivity (Wildman–Crippen MR) is 57.9 cm³/mol. The van der Waals surface area contributed by atoms with E-state index in [2.05, 4.69) is 5.32 Å². The Morgan fingerprint density at radius 3 is 2.56 bits per heavy atom. The van der Waals surface area contributed by atoms with Gasteiger partial charge in [0.05, 0.1) is 0 Å². The van der Waals surface area contributed by atoms with Gasteiger partial charge in [0.1, 0.15) is 0 Å². The zero-order chi connectivity index (χ0) is 11.5. The van der Waals surface area contributed by atoms with Crippen molar-refractivity contribution in [2.45, 2.75) is 6.23 Å². The lowest BCUT2D eigenvalue weighted by Gasteiger charge is -2.10. The number of carbonyl (C=O) groups is 2. The molecule has 2 rings (SSSR count). The number of nitrogens with one attached hydrogen (secondary N) is 1. The summed E-state index contributed by atoms with van der Waals surface area (Å²) >= 11 is 5.69. The van der Waals surface area contributed by atoms with Crippen LogP contribution >= 0.6 is 11.6 Å². The molecule has 82 valence electrons. The van der Waals surface area contributed by atoms with Crippen molar-refractivity contribution in [3.8, 4) is 0 Å². The van der Waals surface area contributed by atoms with Gasteiger partial charge in [-0.05, 0) is 30.3 Å². The molecular formula is C11H8ClNO3. The van der Waals surface area contributed by atoms with Crippen molar-refractivity contribution in [1.82, 2.24) is 5.32 Å². The summed E-state index contributed by atoms with van der Waals surface area (Å²) in [4.78, 5) is 22.4. The fraction of sp³-hybridized carbons (Fsp3) is 0.0909. The van der Waals surface area contributed by atoms with Gasteiger partial charge in [0, 0.05) is 16.7 Å². The van der Waals surface area contributed by atoms with Crippen molar-refractivity contribution in [2.24, 2.45) is 0 Å². The van der Waals surface area contributed by atoms with E-state index >= 15 is 0 Å². The van der Waals surface area contributed by atoms with Gasteiger partial charge in [0.2, 0.25) is 0 Å². The Morgan fingerprint density at radius 1 is 1.31 bits per heavy atom. The first-order valence-corrected chi connectivity index (χ1v) is 4.98. The Morgan fingerprint density at radius 2 is 2.00 bits per heavy atom. The molecule has 1 aromatic rings. The molecule has 1 N–H and O–H groups in total. The number of hydrogen-bond donors (Lipinski definition) is 1. The Kier molecular flexibility index (Phi) is 2.92. The van der Waals surface area contributed by atoms with E-state index in [4.69, 9.17) is 16.3 Å². The number of carbonyl (C=O) groups excluding carboxylic acids is 2. The van der Waals surface area contributed by atoms with E-state index in [0.717, 1.165) is 0 Å². The molecule has 1 aliphatic heterocycles. The van der Waals surface area contributed by atoms with Crippen LogP contribution in [0.15, 0.2) is 36.4 Å². The molecule has 0 unspecified atom stereocenters. The molecule has 0 saturated heterocycles. The second kappa shape index (κ2) is 4.37. The topological polar surface area (TPSA) is 55.4 Å². The van der Waals surface area contributed by atoms with Crippen molar-refractivity contribution in [3.05, 3.63) is 47.0 Å². The highest BCUT2D eigenvalue weighted by Crippen LogP contribution is 2.10. The first kappa shape index (κ1) is 10.7. The van der Waals surface area contributed by atoms with Crippen LogP contribution in [-0.2, 0) is 9.53 Å². The van der Waals surface area contributed by atoms with Crippen molar-refractivity contribution in [2.75, 3.05) is 0 Å². The molecule has 0 aliphatic carbocycles. The molecule has 0 bridgehead atoms. The first-order valence-electron chi connectivity index (χ1n) is 4.60. The van der Waals surface area contributed by atoms with Crippen molar-refractivity contribution >= 4 is 23.5 Å². The Labute approximate surface area is 96.9 Å². The smallest absolute Gasteiger partial charge is 0.332 e. The Bertz CT molecular complexity index is 453. The second-order valence-electron chi connectivity index (χ2n) is 3.20. The van der Waals surface area contributed by atoms with E-state index in [0.29, 0.717) is 10.6 Å². The summed E-state index contributed by atoms with van der Waals surface area (Å²) < 4.78 is 4.77. The number of cyclic esters (lactones) is 1. The van der Waals surface area contributed by atoms with E-state index in [-0.39, 0.29) is 5.91 Å². The van der Waals surface area contributed by atoms with E-state index < -0.39 is 12.2 Å². The third-order valence-corrected chi connectivity index (χ3v) is 2.28. The minimum Gasteiger partial charge on any atom is -0.435 e. The number of amides is 1. The van der Waals surface area contributed by atoms with Gasteiger partial charge >= 0.3 is 5.97 Å². The van der Waals surface area contributed by atoms with E-state index in [1.807, 2.05) is 0 Å². The quantitative estimate of drug-likeness (QED) is 0.794. The molecule has 16 heavy (non-hydrogen) atoms. The summed E-state index contributed by atoms with van der Waals surface area (Å²) in [6.07, 6.45) is 2.07. The highest BCUT2D eigenvalue weighted by molar-refractivity contribution is 6.30. The monoisotopic (exact) mass is 237 g/mol. The normalized spacial score (nSPS) is 18.3. The maximum absolute atomic E-state index is 11.6. The van der Waals surface area contributed by atoms with Gasteiger partial charge in [-0.3, -0.25) is 4.79 Å². The Hall–Kier alpha value is -1.81. The molecule has 1 amide bonds. The zero-order valence-corrected chi connectivity index (χ0v) is 8.90. The highest BCUT2D eigenvalue weighted by Gasteiger charge is 2.18. The second-order valence-corrected chi connectivity index (χ2v) is 3.63. The molecule has 1 atom stereocenters. The largest absolute Gasteiger partial charge is 0.435 e. The van der Waals surface area contributed by atoms with Crippen LogP contribution in [0.4, 0.5) is 0 Å². The van der Waals surface area contributed by atoms with Crippen LogP contribution in [0.2, 0.25) is 5.02 Å². The van der Waals surface area contributed by atoms with Crippen LogP contribution in [0.1, 0.15) is 10.4 Å². The molecule has 1 aromatic carbocycles. The van der Waals surface area contributed by atoms with Gasteiger partial charge in [-0.2, -0.15) is 0 Å². The molecule has 1 heterocycles. The van der Waals surface area contributed by atoms with Crippen molar-refractivity contribution in [3.63, 3.8) is 0 Å². The van der Waals surface area contributed by atoms with Gasteiger partial charge in [0.15, 0.2) is 6.23 Å². The summed E-state index contributed by atoms with van der Waals surface area (Å²) in [7, 11) is 0. The van der Waals surface area contributed by atoms with Crippen molar-refractivity contribution < 1.29 is 14.3 Å². The lowest BCUT2D eigenvalue weighted by Crippen LogP contribution is -2.34. The van der Waals surface area contributed by atoms with E-state index in [1.54, 1.807) is 24.3 Å². The number of halogens is 1. The number of rotatable bonds is 2. The molecule has 5 heteroatoms. The van der Waals surface area contributed by atoms with Crippen LogP contribution in [0.3, 0.4) is 0 Å². The van der Waals surface area contributed by atoms with Gasteiger partial charge in [-0.15, -0.1) is 0 Å². The molecule has 0 radical (unpaired) electrons. The molecule has 0 aromatic heterocycles. The average molecular weight is 238 g/mol. The summed E-state index contributed by atoms with van der Waals surface area (Å²) in [5, 5.41) is 3.09. The highest BCUT2D eigenvalue weighted by atomic mass is 35.5. The SMILES string of the molecule is O=C1C=C[C@H](NC(=O)c2ccc(Cl)cc2)O1. The number of esters is 1. The van der Waals surface area contributed by atoms with Crippen molar-refractivity contribution in [1.29, 1.82) is 0 Å². The minimum atomic E-state index is -0.685. The molecule has 4 nitrogen and oxygen atoms in total. The van der Waals surface area contributed by atoms with Crippen LogP contribution in [0.25, 0.3) is 0 Å². The van der Waals surface area contributed by atoms with Gasteiger partial charge in [0.25, 0.3) is 5.91 Å². The Balaban J connectivity index is 2.01. The summed E-state index contributed by atoms with van der Waals surface area (Å²) in [5.74, 6) is -0.776. The van der Waals surface area contributed by atoms with Crippen LogP contribution in [0, 0.1) is 0 Å². The van der Waals surface area contributed by atoms with E-state index in [9.17, 15) is 9.59 Å². The molecule has 1 aliphatic rings. The third kappa shape index (κ3) is 2.41. The van der Waals surface area contributed by atoms with Crippen LogP contribution < -0.4 is 5.32 Å². The number of benzene rings is 1. The lowest BCUT2D eigenvalue weighted by molar-refractivity contribution is -0.139. The molecule has 0 spiro atoms. The standard InChI is InChI=1S/C11H8ClNO3/c12-8-3-1-7(2-4-8)11(15)13-9-5-6-10(14)16-9/h1-6,9H,(H,13,15)/t9-/m1/s1.